The van der Waals surface area contributed by atoms with Crippen LogP contribution in [0.25, 0.3) is 22.5 Å². The molecule has 2 aromatic carbocycles. The Morgan fingerprint density at radius 1 is 0.895 bits per heavy atom. The second-order valence-electron chi connectivity index (χ2n) is 4.59. The standard InChI is InChI=1S/C17H16N2/c1-2-13-7-6-10-15(11-13)17-12-16(18-19-17)14-8-4-3-5-9-14/h3-12H,2H2,1H3,(H,18,19). The average Bonchev–Trinajstić information content (AvgIpc) is 2.98. The average molecular weight is 248 g/mol. The van der Waals surface area contributed by atoms with E-state index in [4.69, 9.17) is 0 Å². The van der Waals surface area contributed by atoms with Crippen LogP contribution in [0.15, 0.2) is 60.7 Å². The molecule has 3 aromatic rings. The van der Waals surface area contributed by atoms with E-state index in [1.807, 2.05) is 18.2 Å². The van der Waals surface area contributed by atoms with Crippen molar-refractivity contribution in [2.75, 3.05) is 0 Å². The van der Waals surface area contributed by atoms with E-state index in [9.17, 15) is 0 Å². The highest BCUT2D eigenvalue weighted by Gasteiger charge is 2.05. The summed E-state index contributed by atoms with van der Waals surface area (Å²) in [5.74, 6) is 0. The molecular formula is C17H16N2. The lowest BCUT2D eigenvalue weighted by molar-refractivity contribution is 1.09. The molecule has 0 saturated heterocycles. The summed E-state index contributed by atoms with van der Waals surface area (Å²) in [6, 6.07) is 20.9. The minimum absolute atomic E-state index is 0.995. The summed E-state index contributed by atoms with van der Waals surface area (Å²) >= 11 is 0. The summed E-state index contributed by atoms with van der Waals surface area (Å²) in [6.45, 7) is 2.17. The summed E-state index contributed by atoms with van der Waals surface area (Å²) < 4.78 is 0. The molecule has 0 fully saturated rings. The Balaban J connectivity index is 1.97. The van der Waals surface area contributed by atoms with Crippen molar-refractivity contribution in [1.82, 2.24) is 10.2 Å². The lowest BCUT2D eigenvalue weighted by Crippen LogP contribution is -1.82. The SMILES string of the molecule is CCc1cccc(-c2cc(-c3ccccc3)[nH]n2)c1. The first-order valence-corrected chi connectivity index (χ1v) is 6.57. The van der Waals surface area contributed by atoms with Gasteiger partial charge in [-0.15, -0.1) is 0 Å². The molecule has 0 aliphatic rings. The zero-order chi connectivity index (χ0) is 13.1. The van der Waals surface area contributed by atoms with Crippen LogP contribution in [0.5, 0.6) is 0 Å². The predicted molar refractivity (Wildman–Crippen MR) is 78.8 cm³/mol. The van der Waals surface area contributed by atoms with Crippen molar-refractivity contribution in [3.8, 4) is 22.5 Å². The van der Waals surface area contributed by atoms with Gasteiger partial charge >= 0.3 is 0 Å². The second-order valence-corrected chi connectivity index (χ2v) is 4.59. The van der Waals surface area contributed by atoms with Gasteiger partial charge < -0.3 is 0 Å². The second kappa shape index (κ2) is 5.11. The topological polar surface area (TPSA) is 28.7 Å². The van der Waals surface area contributed by atoms with Crippen LogP contribution in [-0.2, 0) is 6.42 Å². The number of H-pyrrole nitrogens is 1. The molecule has 19 heavy (non-hydrogen) atoms. The number of nitrogens with one attached hydrogen (secondary N) is 1. The van der Waals surface area contributed by atoms with E-state index in [2.05, 4.69) is 59.6 Å². The van der Waals surface area contributed by atoms with E-state index >= 15 is 0 Å². The van der Waals surface area contributed by atoms with Crippen molar-refractivity contribution < 1.29 is 0 Å². The van der Waals surface area contributed by atoms with Gasteiger partial charge in [0.15, 0.2) is 0 Å². The zero-order valence-corrected chi connectivity index (χ0v) is 10.9. The van der Waals surface area contributed by atoms with Crippen LogP contribution in [0.1, 0.15) is 12.5 Å². The fourth-order valence-corrected chi connectivity index (χ4v) is 2.19. The molecule has 0 atom stereocenters. The van der Waals surface area contributed by atoms with E-state index < -0.39 is 0 Å². The Hall–Kier alpha value is -2.35. The van der Waals surface area contributed by atoms with Crippen LogP contribution >= 0.6 is 0 Å². The first-order chi connectivity index (χ1) is 9.36. The number of rotatable bonds is 3. The molecule has 2 heteroatoms. The van der Waals surface area contributed by atoms with Crippen molar-refractivity contribution >= 4 is 0 Å². The molecule has 3 rings (SSSR count). The van der Waals surface area contributed by atoms with Gasteiger partial charge in [-0.05, 0) is 29.7 Å². The van der Waals surface area contributed by atoms with Crippen LogP contribution in [0, 0.1) is 0 Å². The Bertz CT molecular complexity index is 668. The van der Waals surface area contributed by atoms with E-state index in [0.717, 1.165) is 28.9 Å². The molecule has 0 aliphatic heterocycles. The molecule has 0 saturated carbocycles. The Labute approximate surface area is 113 Å². The summed E-state index contributed by atoms with van der Waals surface area (Å²) in [5, 5.41) is 7.52. The zero-order valence-electron chi connectivity index (χ0n) is 10.9. The number of nitrogens with zero attached hydrogens (tertiary/aromatic N) is 1. The van der Waals surface area contributed by atoms with Crippen LogP contribution in [0.2, 0.25) is 0 Å². The molecule has 2 nitrogen and oxygen atoms in total. The quantitative estimate of drug-likeness (QED) is 0.735. The molecular weight excluding hydrogens is 232 g/mol. The van der Waals surface area contributed by atoms with Gasteiger partial charge in [-0.3, -0.25) is 5.10 Å². The molecule has 0 unspecified atom stereocenters. The summed E-state index contributed by atoms with van der Waals surface area (Å²) in [6.07, 6.45) is 1.05. The van der Waals surface area contributed by atoms with E-state index in [-0.39, 0.29) is 0 Å². The number of aromatic nitrogens is 2. The Morgan fingerprint density at radius 2 is 1.68 bits per heavy atom. The van der Waals surface area contributed by atoms with Crippen LogP contribution in [0.3, 0.4) is 0 Å². The fourth-order valence-electron chi connectivity index (χ4n) is 2.19. The highest BCUT2D eigenvalue weighted by atomic mass is 15.1. The van der Waals surface area contributed by atoms with Gasteiger partial charge in [-0.1, -0.05) is 55.5 Å². The third-order valence-corrected chi connectivity index (χ3v) is 3.29. The fraction of sp³-hybridized carbons (Fsp3) is 0.118. The lowest BCUT2D eigenvalue weighted by atomic mass is 10.1. The van der Waals surface area contributed by atoms with Crippen molar-refractivity contribution in [2.24, 2.45) is 0 Å². The maximum atomic E-state index is 4.41. The molecule has 0 spiro atoms. The maximum absolute atomic E-state index is 4.41. The molecule has 1 heterocycles. The van der Waals surface area contributed by atoms with E-state index in [1.54, 1.807) is 0 Å². The van der Waals surface area contributed by atoms with Crippen LogP contribution < -0.4 is 0 Å². The van der Waals surface area contributed by atoms with Crippen molar-refractivity contribution in [2.45, 2.75) is 13.3 Å². The summed E-state index contributed by atoms with van der Waals surface area (Å²) in [7, 11) is 0. The van der Waals surface area contributed by atoms with Crippen LogP contribution in [0.4, 0.5) is 0 Å². The highest BCUT2D eigenvalue weighted by molar-refractivity contribution is 5.68. The molecule has 94 valence electrons. The summed E-state index contributed by atoms with van der Waals surface area (Å²) in [4.78, 5) is 0. The third-order valence-electron chi connectivity index (χ3n) is 3.29. The van der Waals surface area contributed by atoms with Gasteiger partial charge in [0.2, 0.25) is 0 Å². The first kappa shape index (κ1) is 11.7. The first-order valence-electron chi connectivity index (χ1n) is 6.57. The smallest absolute Gasteiger partial charge is 0.0927 e. The largest absolute Gasteiger partial charge is 0.277 e. The highest BCUT2D eigenvalue weighted by Crippen LogP contribution is 2.24. The molecule has 0 aliphatic carbocycles. The monoisotopic (exact) mass is 248 g/mol. The predicted octanol–water partition coefficient (Wildman–Crippen LogP) is 4.31. The number of hydrogen-bond donors (Lipinski definition) is 1. The Kier molecular flexibility index (Phi) is 3.15. The van der Waals surface area contributed by atoms with Crippen molar-refractivity contribution in [1.29, 1.82) is 0 Å². The van der Waals surface area contributed by atoms with Gasteiger partial charge in [-0.2, -0.15) is 5.10 Å². The molecule has 1 N–H and O–H groups in total. The van der Waals surface area contributed by atoms with Gasteiger partial charge in [0.05, 0.1) is 11.4 Å². The third kappa shape index (κ3) is 2.43. The molecule has 0 bridgehead atoms. The lowest BCUT2D eigenvalue weighted by Gasteiger charge is -1.99. The number of benzene rings is 2. The van der Waals surface area contributed by atoms with E-state index in [1.165, 1.54) is 5.56 Å². The molecule has 0 radical (unpaired) electrons. The minimum atomic E-state index is 0.995. The van der Waals surface area contributed by atoms with Gasteiger partial charge in [0, 0.05) is 5.56 Å². The van der Waals surface area contributed by atoms with Crippen LogP contribution in [-0.4, -0.2) is 10.2 Å². The van der Waals surface area contributed by atoms with Gasteiger partial charge in [0.1, 0.15) is 0 Å². The molecule has 1 aromatic heterocycles. The van der Waals surface area contributed by atoms with Crippen molar-refractivity contribution in [3.05, 3.63) is 66.2 Å². The number of aromatic amines is 1. The molecule has 0 amide bonds. The van der Waals surface area contributed by atoms with Gasteiger partial charge in [0.25, 0.3) is 0 Å². The minimum Gasteiger partial charge on any atom is -0.277 e. The normalized spacial score (nSPS) is 10.6. The Morgan fingerprint density at radius 3 is 2.47 bits per heavy atom. The summed E-state index contributed by atoms with van der Waals surface area (Å²) in [5.41, 5.74) is 5.71. The number of aryl methyl sites for hydroxylation is 1. The number of hydrogen-bond acceptors (Lipinski definition) is 1. The maximum Gasteiger partial charge on any atom is 0.0927 e. The van der Waals surface area contributed by atoms with Crippen molar-refractivity contribution in [3.63, 3.8) is 0 Å². The van der Waals surface area contributed by atoms with Gasteiger partial charge in [-0.25, -0.2) is 0 Å². The van der Waals surface area contributed by atoms with E-state index in [0.29, 0.717) is 0 Å².